The molecular weight excluding hydrogens is 494 g/mol. The molecule has 0 amide bonds. The summed E-state index contributed by atoms with van der Waals surface area (Å²) in [5.41, 5.74) is 2.81. The van der Waals surface area contributed by atoms with Crippen molar-refractivity contribution in [2.24, 2.45) is 5.92 Å². The van der Waals surface area contributed by atoms with Crippen LogP contribution in [0.3, 0.4) is 0 Å². The molecule has 0 spiro atoms. The molecule has 3 aromatic rings. The number of anilines is 2. The molecule has 10 heteroatoms. The molecule has 34 heavy (non-hydrogen) atoms. The number of nitrogens with one attached hydrogen (secondary N) is 1. The average Bonchev–Trinajstić information content (AvgIpc) is 3.26. The van der Waals surface area contributed by atoms with Gasteiger partial charge in [0.25, 0.3) is 0 Å². The minimum absolute atomic E-state index is 0.0285. The average molecular weight is 520 g/mol. The number of nitrogens with zero attached hydrogens (tertiary/aromatic N) is 2. The largest absolute Gasteiger partial charge is 0.456 e. The van der Waals surface area contributed by atoms with Crippen molar-refractivity contribution in [1.82, 2.24) is 9.29 Å². The fourth-order valence-corrected chi connectivity index (χ4v) is 6.56. The van der Waals surface area contributed by atoms with Crippen LogP contribution in [-0.2, 0) is 21.4 Å². The Labute approximate surface area is 208 Å². The lowest BCUT2D eigenvalue weighted by Gasteiger charge is -2.30. The number of carbonyl (C=O) groups is 1. The van der Waals surface area contributed by atoms with Gasteiger partial charge in [0.05, 0.1) is 16.3 Å². The maximum Gasteiger partial charge on any atom is 0.338 e. The summed E-state index contributed by atoms with van der Waals surface area (Å²) < 4.78 is 33.1. The number of rotatable bonds is 7. The van der Waals surface area contributed by atoms with Crippen LogP contribution in [0.4, 0.5) is 10.8 Å². The molecular formula is C24H26ClN3O4S2. The Balaban J connectivity index is 1.42. The molecule has 4 rings (SSSR count). The molecule has 1 unspecified atom stereocenters. The molecule has 1 fully saturated rings. The quantitative estimate of drug-likeness (QED) is 0.407. The fourth-order valence-electron chi connectivity index (χ4n) is 3.75. The maximum atomic E-state index is 13.2. The van der Waals surface area contributed by atoms with Gasteiger partial charge in [-0.3, -0.25) is 0 Å². The number of benzene rings is 2. The molecule has 0 radical (unpaired) electrons. The minimum Gasteiger partial charge on any atom is -0.456 e. The third-order valence-electron chi connectivity index (χ3n) is 5.61. The summed E-state index contributed by atoms with van der Waals surface area (Å²) in [4.78, 5) is 17.0. The van der Waals surface area contributed by atoms with E-state index in [1.165, 1.54) is 39.4 Å². The summed E-state index contributed by atoms with van der Waals surface area (Å²) in [6, 6.07) is 12.1. The molecule has 0 aliphatic carbocycles. The van der Waals surface area contributed by atoms with E-state index < -0.39 is 16.0 Å². The highest BCUT2D eigenvalue weighted by atomic mass is 35.5. The summed E-state index contributed by atoms with van der Waals surface area (Å²) in [7, 11) is -3.80. The van der Waals surface area contributed by atoms with E-state index in [0.717, 1.165) is 18.5 Å². The number of thiazole rings is 1. The van der Waals surface area contributed by atoms with Crippen LogP contribution < -0.4 is 5.32 Å². The normalized spacial score (nSPS) is 16.9. The fraction of sp³-hybridized carbons (Fsp3) is 0.333. The number of piperidine rings is 1. The Morgan fingerprint density at radius 1 is 1.26 bits per heavy atom. The molecule has 1 aromatic heterocycles. The molecule has 1 atom stereocenters. The number of aryl methyl sites for hydroxylation is 1. The molecule has 1 aliphatic heterocycles. The van der Waals surface area contributed by atoms with E-state index in [4.69, 9.17) is 16.3 Å². The van der Waals surface area contributed by atoms with E-state index in [-0.39, 0.29) is 28.0 Å². The van der Waals surface area contributed by atoms with E-state index in [2.05, 4.69) is 10.3 Å². The molecule has 1 aliphatic rings. The second kappa shape index (κ2) is 10.4. The zero-order chi connectivity index (χ0) is 24.3. The number of esters is 1. The van der Waals surface area contributed by atoms with E-state index in [0.29, 0.717) is 23.9 Å². The number of carbonyl (C=O) groups excluding carboxylic acids is 1. The number of sulfonamides is 1. The Morgan fingerprint density at radius 3 is 2.76 bits per heavy atom. The Morgan fingerprint density at radius 2 is 2.03 bits per heavy atom. The lowest BCUT2D eigenvalue weighted by Crippen LogP contribution is -2.39. The van der Waals surface area contributed by atoms with E-state index in [1.807, 2.05) is 38.1 Å². The Hall–Kier alpha value is -2.46. The lowest BCUT2D eigenvalue weighted by atomic mass is 10.0. The molecule has 0 saturated carbocycles. The van der Waals surface area contributed by atoms with Gasteiger partial charge in [0, 0.05) is 24.2 Å². The van der Waals surface area contributed by atoms with Gasteiger partial charge >= 0.3 is 5.97 Å². The van der Waals surface area contributed by atoms with Crippen molar-refractivity contribution in [2.45, 2.75) is 38.2 Å². The van der Waals surface area contributed by atoms with Crippen molar-refractivity contribution < 1.29 is 17.9 Å². The molecule has 2 aromatic carbocycles. The summed E-state index contributed by atoms with van der Waals surface area (Å²) in [6.45, 7) is 4.90. The van der Waals surface area contributed by atoms with Crippen molar-refractivity contribution in [2.75, 3.05) is 18.4 Å². The lowest BCUT2D eigenvalue weighted by molar-refractivity contribution is 0.0468. The van der Waals surface area contributed by atoms with Crippen LogP contribution in [0.25, 0.3) is 0 Å². The summed E-state index contributed by atoms with van der Waals surface area (Å²) in [5.74, 6) is -0.361. The van der Waals surface area contributed by atoms with Crippen LogP contribution in [0.5, 0.6) is 0 Å². The summed E-state index contributed by atoms with van der Waals surface area (Å²) in [5, 5.41) is 5.79. The molecule has 0 bridgehead atoms. The number of hydrogen-bond donors (Lipinski definition) is 1. The predicted molar refractivity (Wildman–Crippen MR) is 134 cm³/mol. The molecule has 2 heterocycles. The first kappa shape index (κ1) is 24.7. The van der Waals surface area contributed by atoms with E-state index in [1.54, 1.807) is 5.38 Å². The summed E-state index contributed by atoms with van der Waals surface area (Å²) in [6.07, 6.45) is 1.79. The first-order valence-electron chi connectivity index (χ1n) is 11.0. The van der Waals surface area contributed by atoms with Crippen molar-refractivity contribution in [3.8, 4) is 0 Å². The van der Waals surface area contributed by atoms with E-state index >= 15 is 0 Å². The highest BCUT2D eigenvalue weighted by Crippen LogP contribution is 2.29. The molecule has 7 nitrogen and oxygen atoms in total. The van der Waals surface area contributed by atoms with Crippen LogP contribution in [0.2, 0.25) is 5.02 Å². The molecule has 180 valence electrons. The Kier molecular flexibility index (Phi) is 7.57. The standard InChI is InChI=1S/C24H26ClN3O4S2/c1-16-5-8-19(9-6-16)26-24-27-20(15-33-24)14-32-23(29)18-7-10-21(25)22(12-18)34(30,31)28-11-3-4-17(2)13-28/h5-10,12,15,17H,3-4,11,13-14H2,1-2H3,(H,26,27). The van der Waals surface area contributed by atoms with Crippen molar-refractivity contribution in [1.29, 1.82) is 0 Å². The van der Waals surface area contributed by atoms with Gasteiger partial charge in [-0.25, -0.2) is 18.2 Å². The van der Waals surface area contributed by atoms with Gasteiger partial charge in [-0.15, -0.1) is 11.3 Å². The topological polar surface area (TPSA) is 88.6 Å². The third-order valence-corrected chi connectivity index (χ3v) is 8.76. The first-order chi connectivity index (χ1) is 16.2. The van der Waals surface area contributed by atoms with Gasteiger partial charge in [-0.2, -0.15) is 4.31 Å². The van der Waals surface area contributed by atoms with Crippen molar-refractivity contribution in [3.63, 3.8) is 0 Å². The number of ether oxygens (including phenoxy) is 1. The number of hydrogen-bond acceptors (Lipinski definition) is 7. The van der Waals surface area contributed by atoms with Gasteiger partial charge < -0.3 is 10.1 Å². The smallest absolute Gasteiger partial charge is 0.338 e. The van der Waals surface area contributed by atoms with Gasteiger partial charge in [0.15, 0.2) is 5.13 Å². The first-order valence-corrected chi connectivity index (χ1v) is 13.7. The third kappa shape index (κ3) is 5.78. The second-order valence-corrected chi connectivity index (χ2v) is 11.6. The van der Waals surface area contributed by atoms with Crippen LogP contribution in [-0.4, -0.2) is 36.8 Å². The zero-order valence-corrected chi connectivity index (χ0v) is 21.3. The maximum absolute atomic E-state index is 13.2. The van der Waals surface area contributed by atoms with Crippen LogP contribution in [0, 0.1) is 12.8 Å². The van der Waals surface area contributed by atoms with Crippen LogP contribution >= 0.6 is 22.9 Å². The van der Waals surface area contributed by atoms with Crippen molar-refractivity contribution >= 4 is 49.7 Å². The van der Waals surface area contributed by atoms with Gasteiger partial charge in [0.2, 0.25) is 10.0 Å². The highest BCUT2D eigenvalue weighted by Gasteiger charge is 2.31. The highest BCUT2D eigenvalue weighted by molar-refractivity contribution is 7.89. The van der Waals surface area contributed by atoms with Gasteiger partial charge in [-0.05, 0) is 56.0 Å². The SMILES string of the molecule is Cc1ccc(Nc2nc(COC(=O)c3ccc(Cl)c(S(=O)(=O)N4CCCC(C)C4)c3)cs2)cc1. The minimum atomic E-state index is -3.80. The number of halogens is 1. The zero-order valence-electron chi connectivity index (χ0n) is 19.0. The predicted octanol–water partition coefficient (Wildman–Crippen LogP) is 5.63. The van der Waals surface area contributed by atoms with Crippen LogP contribution in [0.1, 0.15) is 41.4 Å². The van der Waals surface area contributed by atoms with Crippen LogP contribution in [0.15, 0.2) is 52.7 Å². The van der Waals surface area contributed by atoms with Gasteiger partial charge in [0.1, 0.15) is 11.5 Å². The molecule has 1 N–H and O–H groups in total. The number of aromatic nitrogens is 1. The second-order valence-electron chi connectivity index (χ2n) is 8.47. The van der Waals surface area contributed by atoms with Gasteiger partial charge in [-0.1, -0.05) is 36.2 Å². The monoisotopic (exact) mass is 519 g/mol. The Bertz CT molecular complexity index is 1280. The van der Waals surface area contributed by atoms with Crippen molar-refractivity contribution in [3.05, 3.63) is 69.7 Å². The summed E-state index contributed by atoms with van der Waals surface area (Å²) >= 11 is 7.62. The van der Waals surface area contributed by atoms with E-state index in [9.17, 15) is 13.2 Å². The molecule has 1 saturated heterocycles.